The average Bonchev–Trinajstić information content (AvgIpc) is 2.72. The van der Waals surface area contributed by atoms with E-state index in [-0.39, 0.29) is 18.7 Å². The maximum Gasteiger partial charge on any atom is 0.231 e. The molecule has 2 aliphatic heterocycles. The second kappa shape index (κ2) is 3.55. The summed E-state index contributed by atoms with van der Waals surface area (Å²) in [6.45, 7) is 4.58. The number of anilines is 2. The molecule has 0 fully saturated rings. The number of carbonyl (C=O) groups is 1. The largest absolute Gasteiger partial charge is 0.454 e. The number of fused-ring (bicyclic) bond motifs is 2. The number of benzene rings is 1. The van der Waals surface area contributed by atoms with Gasteiger partial charge in [0.2, 0.25) is 12.7 Å². The van der Waals surface area contributed by atoms with E-state index in [4.69, 9.17) is 9.47 Å². The van der Waals surface area contributed by atoms with Crippen LogP contribution < -0.4 is 19.7 Å². The molecule has 1 N–H and O–H groups in total. The van der Waals surface area contributed by atoms with Gasteiger partial charge in [0.15, 0.2) is 11.5 Å². The van der Waals surface area contributed by atoms with Gasteiger partial charge in [0, 0.05) is 25.6 Å². The van der Waals surface area contributed by atoms with E-state index >= 15 is 0 Å². The number of nitrogens with zero attached hydrogens (tertiary/aromatic N) is 1. The zero-order valence-electron chi connectivity index (χ0n) is 9.82. The van der Waals surface area contributed by atoms with Gasteiger partial charge in [0.1, 0.15) is 0 Å². The minimum absolute atomic E-state index is 0.0408. The number of ether oxygens (including phenoxy) is 2. The normalized spacial score (nSPS) is 20.8. The van der Waals surface area contributed by atoms with Gasteiger partial charge in [-0.25, -0.2) is 0 Å². The molecule has 0 unspecified atom stereocenters. The maximum atomic E-state index is 11.7. The Bertz CT molecular complexity index is 487. The summed E-state index contributed by atoms with van der Waals surface area (Å²) >= 11 is 0. The molecule has 0 saturated heterocycles. The predicted molar refractivity (Wildman–Crippen MR) is 63.7 cm³/mol. The predicted octanol–water partition coefficient (Wildman–Crippen LogP) is 1.58. The summed E-state index contributed by atoms with van der Waals surface area (Å²) < 4.78 is 10.7. The number of nitrogens with one attached hydrogen (secondary N) is 1. The lowest BCUT2D eigenvalue weighted by atomic mass is 10.1. The third-order valence-electron chi connectivity index (χ3n) is 3.12. The molecule has 5 nitrogen and oxygen atoms in total. The number of amides is 1. The van der Waals surface area contributed by atoms with Crippen molar-refractivity contribution in [2.45, 2.75) is 19.9 Å². The molecule has 1 aromatic rings. The van der Waals surface area contributed by atoms with Crippen LogP contribution in [0.4, 0.5) is 11.4 Å². The van der Waals surface area contributed by atoms with E-state index in [2.05, 4.69) is 5.32 Å². The van der Waals surface area contributed by atoms with Gasteiger partial charge in [-0.1, -0.05) is 0 Å². The first-order chi connectivity index (χ1) is 8.16. The Morgan fingerprint density at radius 2 is 2.12 bits per heavy atom. The third kappa shape index (κ3) is 1.50. The van der Waals surface area contributed by atoms with Crippen LogP contribution in [0.5, 0.6) is 11.5 Å². The van der Waals surface area contributed by atoms with Gasteiger partial charge in [-0.15, -0.1) is 0 Å². The number of hydrogen-bond donors (Lipinski definition) is 1. The van der Waals surface area contributed by atoms with Crippen LogP contribution >= 0.6 is 0 Å². The van der Waals surface area contributed by atoms with Crippen LogP contribution in [0.1, 0.15) is 13.8 Å². The summed E-state index contributed by atoms with van der Waals surface area (Å²) in [6.07, 6.45) is 0. The van der Waals surface area contributed by atoms with Crippen LogP contribution in [0, 0.1) is 0 Å². The topological polar surface area (TPSA) is 50.8 Å². The molecule has 17 heavy (non-hydrogen) atoms. The molecule has 0 aromatic heterocycles. The van der Waals surface area contributed by atoms with Crippen molar-refractivity contribution in [1.82, 2.24) is 0 Å². The van der Waals surface area contributed by atoms with Crippen LogP contribution in [0.2, 0.25) is 0 Å². The molecule has 0 saturated carbocycles. The van der Waals surface area contributed by atoms with Crippen molar-refractivity contribution < 1.29 is 14.3 Å². The molecule has 1 atom stereocenters. The SMILES string of the molecule is CC(=O)N1c2cc3c(cc2NC[C@@H]1C)OCO3. The first kappa shape index (κ1) is 10.3. The van der Waals surface area contributed by atoms with Crippen molar-refractivity contribution in [3.05, 3.63) is 12.1 Å². The lowest BCUT2D eigenvalue weighted by Crippen LogP contribution is -2.44. The molecule has 1 amide bonds. The minimum atomic E-state index is 0.0408. The Morgan fingerprint density at radius 1 is 1.41 bits per heavy atom. The molecule has 1 aromatic carbocycles. The van der Waals surface area contributed by atoms with Crippen LogP contribution in [0.25, 0.3) is 0 Å². The lowest BCUT2D eigenvalue weighted by Gasteiger charge is -2.35. The summed E-state index contributed by atoms with van der Waals surface area (Å²) in [5.74, 6) is 1.47. The van der Waals surface area contributed by atoms with Crippen LogP contribution in [-0.2, 0) is 4.79 Å². The van der Waals surface area contributed by atoms with Gasteiger partial charge in [-0.3, -0.25) is 4.79 Å². The van der Waals surface area contributed by atoms with Gasteiger partial charge in [-0.05, 0) is 6.92 Å². The molecule has 3 rings (SSSR count). The minimum Gasteiger partial charge on any atom is -0.454 e. The monoisotopic (exact) mass is 234 g/mol. The highest BCUT2D eigenvalue weighted by Crippen LogP contribution is 2.43. The van der Waals surface area contributed by atoms with Crippen molar-refractivity contribution >= 4 is 17.3 Å². The number of carbonyl (C=O) groups excluding carboxylic acids is 1. The fraction of sp³-hybridized carbons (Fsp3) is 0.417. The quantitative estimate of drug-likeness (QED) is 0.740. The van der Waals surface area contributed by atoms with Crippen molar-refractivity contribution in [2.75, 3.05) is 23.6 Å². The second-order valence-electron chi connectivity index (χ2n) is 4.34. The molecule has 0 spiro atoms. The van der Waals surface area contributed by atoms with Crippen LogP contribution in [-0.4, -0.2) is 25.3 Å². The number of rotatable bonds is 0. The molecule has 90 valence electrons. The first-order valence-corrected chi connectivity index (χ1v) is 5.64. The molecule has 0 aliphatic carbocycles. The Hall–Kier alpha value is -1.91. The standard InChI is InChI=1S/C12H14N2O3/c1-7-5-13-9-3-11-12(17-6-16-11)4-10(9)14(7)8(2)15/h3-4,7,13H,5-6H2,1-2H3/t7-/m0/s1. The maximum absolute atomic E-state index is 11.7. The molecule has 2 aliphatic rings. The Morgan fingerprint density at radius 3 is 2.82 bits per heavy atom. The van der Waals surface area contributed by atoms with Crippen molar-refractivity contribution in [3.63, 3.8) is 0 Å². The summed E-state index contributed by atoms with van der Waals surface area (Å²) in [4.78, 5) is 13.5. The fourth-order valence-electron chi connectivity index (χ4n) is 2.34. The molecule has 0 bridgehead atoms. The third-order valence-corrected chi connectivity index (χ3v) is 3.12. The van der Waals surface area contributed by atoms with E-state index < -0.39 is 0 Å². The van der Waals surface area contributed by atoms with E-state index in [1.54, 1.807) is 11.8 Å². The molecule has 0 radical (unpaired) electrons. The first-order valence-electron chi connectivity index (χ1n) is 5.64. The molecular formula is C12H14N2O3. The summed E-state index contributed by atoms with van der Waals surface area (Å²) in [5, 5.41) is 3.30. The Kier molecular flexibility index (Phi) is 2.14. The van der Waals surface area contributed by atoms with Crippen molar-refractivity contribution in [1.29, 1.82) is 0 Å². The average molecular weight is 234 g/mol. The highest BCUT2D eigenvalue weighted by Gasteiger charge is 2.29. The zero-order valence-corrected chi connectivity index (χ0v) is 9.82. The van der Waals surface area contributed by atoms with E-state index in [1.165, 1.54) is 0 Å². The van der Waals surface area contributed by atoms with E-state index in [0.717, 1.165) is 23.7 Å². The zero-order chi connectivity index (χ0) is 12.0. The van der Waals surface area contributed by atoms with Crippen LogP contribution in [0.15, 0.2) is 12.1 Å². The summed E-state index contributed by atoms with van der Waals surface area (Å²) in [5.41, 5.74) is 1.78. The second-order valence-corrected chi connectivity index (χ2v) is 4.34. The molecule has 2 heterocycles. The Labute approximate surface area is 99.3 Å². The highest BCUT2D eigenvalue weighted by molar-refractivity contribution is 5.97. The van der Waals surface area contributed by atoms with Gasteiger partial charge in [0.25, 0.3) is 0 Å². The van der Waals surface area contributed by atoms with E-state index in [1.807, 2.05) is 19.1 Å². The number of hydrogen-bond acceptors (Lipinski definition) is 4. The highest BCUT2D eigenvalue weighted by atomic mass is 16.7. The lowest BCUT2D eigenvalue weighted by molar-refractivity contribution is -0.116. The van der Waals surface area contributed by atoms with Gasteiger partial charge in [-0.2, -0.15) is 0 Å². The van der Waals surface area contributed by atoms with Gasteiger partial charge in [0.05, 0.1) is 17.4 Å². The van der Waals surface area contributed by atoms with Gasteiger partial charge >= 0.3 is 0 Å². The fourth-order valence-corrected chi connectivity index (χ4v) is 2.34. The molecular weight excluding hydrogens is 220 g/mol. The smallest absolute Gasteiger partial charge is 0.231 e. The van der Waals surface area contributed by atoms with Crippen molar-refractivity contribution in [2.24, 2.45) is 0 Å². The van der Waals surface area contributed by atoms with Gasteiger partial charge < -0.3 is 19.7 Å². The van der Waals surface area contributed by atoms with Crippen LogP contribution in [0.3, 0.4) is 0 Å². The summed E-state index contributed by atoms with van der Waals surface area (Å²) in [7, 11) is 0. The summed E-state index contributed by atoms with van der Waals surface area (Å²) in [6, 6.07) is 3.89. The van der Waals surface area contributed by atoms with E-state index in [9.17, 15) is 4.79 Å². The molecule has 5 heteroatoms. The Balaban J connectivity index is 2.11. The van der Waals surface area contributed by atoms with E-state index in [0.29, 0.717) is 5.75 Å². The van der Waals surface area contributed by atoms with Crippen molar-refractivity contribution in [3.8, 4) is 11.5 Å².